The second-order valence-electron chi connectivity index (χ2n) is 4.24. The average Bonchev–Trinajstić information content (AvgIpc) is 2.44. The number of hydrogen-bond donors (Lipinski definition) is 1. The van der Waals surface area contributed by atoms with E-state index in [1.54, 1.807) is 43.3 Å². The Morgan fingerprint density at radius 3 is 2.60 bits per heavy atom. The maximum Gasteiger partial charge on any atom is 0.258 e. The molecule has 104 valence electrons. The number of nitrogens with two attached hydrogens (primary N) is 1. The van der Waals surface area contributed by atoms with Crippen molar-refractivity contribution in [2.75, 3.05) is 17.2 Å². The molecule has 0 aliphatic carbocycles. The Morgan fingerprint density at radius 2 is 2.00 bits per heavy atom. The van der Waals surface area contributed by atoms with Gasteiger partial charge in [-0.25, -0.2) is 4.39 Å². The lowest BCUT2D eigenvalue weighted by atomic mass is 10.1. The van der Waals surface area contributed by atoms with Gasteiger partial charge in [-0.2, -0.15) is 0 Å². The number of carbonyl (C=O) groups is 1. The van der Waals surface area contributed by atoms with Crippen molar-refractivity contribution >= 4 is 33.2 Å². The van der Waals surface area contributed by atoms with Gasteiger partial charge in [-0.1, -0.05) is 12.1 Å². The molecule has 0 aromatic heterocycles. The van der Waals surface area contributed by atoms with E-state index < -0.39 is 5.82 Å². The molecule has 2 aromatic carbocycles. The van der Waals surface area contributed by atoms with E-state index in [0.717, 1.165) is 4.47 Å². The molecule has 0 spiro atoms. The molecular weight excluding hydrogens is 323 g/mol. The lowest BCUT2D eigenvalue weighted by molar-refractivity contribution is 0.0987. The van der Waals surface area contributed by atoms with E-state index in [-0.39, 0.29) is 11.6 Å². The van der Waals surface area contributed by atoms with Crippen LogP contribution in [0.5, 0.6) is 0 Å². The van der Waals surface area contributed by atoms with E-state index in [2.05, 4.69) is 15.9 Å². The lowest BCUT2D eigenvalue weighted by Crippen LogP contribution is -2.31. The van der Waals surface area contributed by atoms with E-state index in [4.69, 9.17) is 5.73 Å². The Kier molecular flexibility index (Phi) is 4.39. The fourth-order valence-corrected chi connectivity index (χ4v) is 2.17. The summed E-state index contributed by atoms with van der Waals surface area (Å²) in [7, 11) is 0. The summed E-state index contributed by atoms with van der Waals surface area (Å²) in [5.41, 5.74) is 6.94. The largest absolute Gasteiger partial charge is 0.398 e. The second-order valence-corrected chi connectivity index (χ2v) is 5.09. The molecule has 2 rings (SSSR count). The van der Waals surface area contributed by atoms with Crippen LogP contribution < -0.4 is 10.6 Å². The van der Waals surface area contributed by atoms with E-state index in [0.29, 0.717) is 17.8 Å². The second kappa shape index (κ2) is 6.05. The predicted molar refractivity (Wildman–Crippen MR) is 82.3 cm³/mol. The van der Waals surface area contributed by atoms with Crippen LogP contribution in [0.3, 0.4) is 0 Å². The monoisotopic (exact) mass is 336 g/mol. The number of amides is 1. The van der Waals surface area contributed by atoms with Crippen molar-refractivity contribution in [1.29, 1.82) is 0 Å². The molecule has 0 unspecified atom stereocenters. The third-order valence-corrected chi connectivity index (χ3v) is 3.67. The summed E-state index contributed by atoms with van der Waals surface area (Å²) < 4.78 is 14.5. The van der Waals surface area contributed by atoms with Crippen LogP contribution in [0.1, 0.15) is 17.3 Å². The molecule has 0 radical (unpaired) electrons. The minimum absolute atomic E-state index is 0.265. The molecule has 1 amide bonds. The minimum atomic E-state index is -0.423. The van der Waals surface area contributed by atoms with Crippen molar-refractivity contribution in [2.24, 2.45) is 0 Å². The van der Waals surface area contributed by atoms with Crippen molar-refractivity contribution in [3.05, 3.63) is 58.3 Å². The summed E-state index contributed by atoms with van der Waals surface area (Å²) in [6.45, 7) is 2.17. The Labute approximate surface area is 125 Å². The minimum Gasteiger partial charge on any atom is -0.398 e. The standard InChI is InChI=1S/C15H14BrFN2O/c1-2-19(14-6-4-3-5-12(14)17)15(20)10-7-8-11(16)13(18)9-10/h3-9H,2,18H2,1H3. The van der Waals surface area contributed by atoms with Gasteiger partial charge in [0.2, 0.25) is 0 Å². The number of hydrogen-bond acceptors (Lipinski definition) is 2. The molecule has 0 bridgehead atoms. The first kappa shape index (κ1) is 14.5. The van der Waals surface area contributed by atoms with Crippen molar-refractivity contribution in [1.82, 2.24) is 0 Å². The Balaban J connectivity index is 2.39. The normalized spacial score (nSPS) is 10.3. The summed E-state index contributed by atoms with van der Waals surface area (Å²) in [5.74, 6) is -0.704. The van der Waals surface area contributed by atoms with Crippen LogP contribution in [-0.4, -0.2) is 12.5 Å². The third kappa shape index (κ3) is 2.82. The van der Waals surface area contributed by atoms with Gasteiger partial charge in [-0.15, -0.1) is 0 Å². The molecule has 20 heavy (non-hydrogen) atoms. The molecular formula is C15H14BrFN2O. The SMILES string of the molecule is CCN(C(=O)c1ccc(Br)c(N)c1)c1ccccc1F. The summed E-state index contributed by atoms with van der Waals surface area (Å²) in [4.78, 5) is 13.9. The van der Waals surface area contributed by atoms with Gasteiger partial charge < -0.3 is 10.6 Å². The van der Waals surface area contributed by atoms with E-state index in [1.165, 1.54) is 11.0 Å². The van der Waals surface area contributed by atoms with Crippen LogP contribution >= 0.6 is 15.9 Å². The Hall–Kier alpha value is -1.88. The predicted octanol–water partition coefficient (Wildman–Crippen LogP) is 3.84. The van der Waals surface area contributed by atoms with E-state index in [9.17, 15) is 9.18 Å². The zero-order chi connectivity index (χ0) is 14.7. The highest BCUT2D eigenvalue weighted by molar-refractivity contribution is 9.10. The third-order valence-electron chi connectivity index (χ3n) is 2.95. The highest BCUT2D eigenvalue weighted by Gasteiger charge is 2.19. The van der Waals surface area contributed by atoms with Crippen molar-refractivity contribution < 1.29 is 9.18 Å². The van der Waals surface area contributed by atoms with Gasteiger partial charge in [0.25, 0.3) is 5.91 Å². The lowest BCUT2D eigenvalue weighted by Gasteiger charge is -2.21. The van der Waals surface area contributed by atoms with E-state index >= 15 is 0 Å². The molecule has 0 fully saturated rings. The van der Waals surface area contributed by atoms with Crippen LogP contribution in [0.4, 0.5) is 15.8 Å². The van der Waals surface area contributed by atoms with Gasteiger partial charge in [0, 0.05) is 22.3 Å². The summed E-state index contributed by atoms with van der Waals surface area (Å²) in [6, 6.07) is 11.2. The number of halogens is 2. The summed E-state index contributed by atoms with van der Waals surface area (Å²) in [6.07, 6.45) is 0. The average molecular weight is 337 g/mol. The maximum absolute atomic E-state index is 13.8. The van der Waals surface area contributed by atoms with Gasteiger partial charge in [0.1, 0.15) is 5.82 Å². The van der Waals surface area contributed by atoms with Crippen LogP contribution in [0.15, 0.2) is 46.9 Å². The first-order valence-electron chi connectivity index (χ1n) is 6.16. The molecule has 0 heterocycles. The first-order chi connectivity index (χ1) is 9.54. The highest BCUT2D eigenvalue weighted by atomic mass is 79.9. The Bertz CT molecular complexity index is 646. The van der Waals surface area contributed by atoms with Gasteiger partial charge in [0.05, 0.1) is 5.69 Å². The summed E-state index contributed by atoms with van der Waals surface area (Å²) in [5, 5.41) is 0. The number of rotatable bonds is 3. The van der Waals surface area contributed by atoms with Crippen molar-refractivity contribution in [2.45, 2.75) is 6.92 Å². The smallest absolute Gasteiger partial charge is 0.258 e. The van der Waals surface area contributed by atoms with Gasteiger partial charge >= 0.3 is 0 Å². The number of benzene rings is 2. The quantitative estimate of drug-likeness (QED) is 0.865. The molecule has 0 saturated heterocycles. The first-order valence-corrected chi connectivity index (χ1v) is 6.95. The molecule has 0 saturated carbocycles. The number of anilines is 2. The fraction of sp³-hybridized carbons (Fsp3) is 0.133. The van der Waals surface area contributed by atoms with Crippen molar-refractivity contribution in [3.8, 4) is 0 Å². The zero-order valence-corrected chi connectivity index (χ0v) is 12.5. The molecule has 3 nitrogen and oxygen atoms in total. The van der Waals surface area contributed by atoms with Crippen LogP contribution in [-0.2, 0) is 0 Å². The molecule has 2 aromatic rings. The zero-order valence-electron chi connectivity index (χ0n) is 10.9. The van der Waals surface area contributed by atoms with Gasteiger partial charge in [-0.05, 0) is 53.2 Å². The highest BCUT2D eigenvalue weighted by Crippen LogP contribution is 2.24. The van der Waals surface area contributed by atoms with E-state index in [1.807, 2.05) is 0 Å². The van der Waals surface area contributed by atoms with Crippen LogP contribution in [0.25, 0.3) is 0 Å². The molecule has 0 atom stereocenters. The Morgan fingerprint density at radius 1 is 1.30 bits per heavy atom. The summed E-state index contributed by atoms with van der Waals surface area (Å²) >= 11 is 3.28. The van der Waals surface area contributed by atoms with Gasteiger partial charge in [0.15, 0.2) is 0 Å². The van der Waals surface area contributed by atoms with Crippen molar-refractivity contribution in [3.63, 3.8) is 0 Å². The molecule has 5 heteroatoms. The van der Waals surface area contributed by atoms with Gasteiger partial charge in [-0.3, -0.25) is 4.79 Å². The number of nitrogen functional groups attached to an aromatic ring is 1. The molecule has 0 aliphatic rings. The molecule has 0 aliphatic heterocycles. The number of nitrogens with zero attached hydrogens (tertiary/aromatic N) is 1. The molecule has 2 N–H and O–H groups in total. The fourth-order valence-electron chi connectivity index (χ4n) is 1.93. The maximum atomic E-state index is 13.8. The van der Waals surface area contributed by atoms with Crippen LogP contribution in [0.2, 0.25) is 0 Å². The number of carbonyl (C=O) groups excluding carboxylic acids is 1. The van der Waals surface area contributed by atoms with Crippen LogP contribution in [0, 0.1) is 5.82 Å². The number of para-hydroxylation sites is 1. The topological polar surface area (TPSA) is 46.3 Å².